The monoisotopic (exact) mass is 328 g/mol. The molecule has 0 spiro atoms. The number of carbonyl (C=O) groups excluding carboxylic acids is 1. The summed E-state index contributed by atoms with van der Waals surface area (Å²) in [7, 11) is -3.66. The van der Waals surface area contributed by atoms with E-state index in [1.807, 2.05) is 26.8 Å². The third-order valence-electron chi connectivity index (χ3n) is 3.55. The third-order valence-corrected chi connectivity index (χ3v) is 5.05. The minimum absolute atomic E-state index is 0.192. The van der Waals surface area contributed by atoms with Crippen LogP contribution in [0.4, 0.5) is 0 Å². The maximum atomic E-state index is 12.6. The van der Waals surface area contributed by atoms with Crippen molar-refractivity contribution in [2.45, 2.75) is 25.7 Å². The van der Waals surface area contributed by atoms with Crippen LogP contribution in [0.1, 0.15) is 29.8 Å². The normalized spacial score (nSPS) is 12.4. The lowest BCUT2D eigenvalue weighted by atomic mass is 9.96. The van der Waals surface area contributed by atoms with E-state index < -0.39 is 9.84 Å². The molecule has 2 aromatic carbocycles. The summed E-state index contributed by atoms with van der Waals surface area (Å²) in [5.41, 5.74) is 1.76. The van der Waals surface area contributed by atoms with Gasteiger partial charge in [0.05, 0.1) is 4.90 Å². The van der Waals surface area contributed by atoms with Crippen LogP contribution in [-0.4, -0.2) is 14.2 Å². The van der Waals surface area contributed by atoms with Crippen LogP contribution in [0.25, 0.3) is 0 Å². The molecule has 0 heterocycles. The number of Topliss-reactive ketones (excluding diaryl/α,β-unsaturated/α-hetero) is 1. The van der Waals surface area contributed by atoms with E-state index in [0.29, 0.717) is 5.56 Å². The SMILES string of the molecule is Cc1ccc(S(=O)(=O)/C=C(/C(=O)c2ccccc2)C(C)C)cc1. The molecule has 23 heavy (non-hydrogen) atoms. The largest absolute Gasteiger partial charge is 0.289 e. The fraction of sp³-hybridized carbons (Fsp3) is 0.211. The van der Waals surface area contributed by atoms with Gasteiger partial charge in [-0.3, -0.25) is 4.79 Å². The Bertz CT molecular complexity index is 815. The number of hydrogen-bond acceptors (Lipinski definition) is 3. The van der Waals surface area contributed by atoms with E-state index in [2.05, 4.69) is 0 Å². The van der Waals surface area contributed by atoms with Gasteiger partial charge < -0.3 is 0 Å². The average Bonchev–Trinajstić information content (AvgIpc) is 2.53. The van der Waals surface area contributed by atoms with Crippen molar-refractivity contribution in [3.05, 3.63) is 76.7 Å². The molecule has 0 unspecified atom stereocenters. The van der Waals surface area contributed by atoms with E-state index in [1.54, 1.807) is 48.5 Å². The van der Waals surface area contributed by atoms with Crippen LogP contribution in [0.2, 0.25) is 0 Å². The van der Waals surface area contributed by atoms with Crippen LogP contribution in [0.3, 0.4) is 0 Å². The molecule has 2 rings (SSSR count). The molecule has 0 aliphatic rings. The van der Waals surface area contributed by atoms with Crippen molar-refractivity contribution in [2.24, 2.45) is 5.92 Å². The van der Waals surface area contributed by atoms with Crippen molar-refractivity contribution in [1.82, 2.24) is 0 Å². The van der Waals surface area contributed by atoms with Gasteiger partial charge in [-0.1, -0.05) is 61.9 Å². The molecule has 0 aliphatic heterocycles. The zero-order valence-corrected chi connectivity index (χ0v) is 14.3. The lowest BCUT2D eigenvalue weighted by Gasteiger charge is -2.11. The van der Waals surface area contributed by atoms with Crippen LogP contribution in [-0.2, 0) is 9.84 Å². The Morgan fingerprint density at radius 3 is 2.04 bits per heavy atom. The molecule has 0 bridgehead atoms. The summed E-state index contributed by atoms with van der Waals surface area (Å²) in [5, 5.41) is 1.11. The zero-order valence-electron chi connectivity index (χ0n) is 13.5. The summed E-state index contributed by atoms with van der Waals surface area (Å²) in [6.45, 7) is 5.53. The van der Waals surface area contributed by atoms with Gasteiger partial charge in [0.25, 0.3) is 0 Å². The topological polar surface area (TPSA) is 51.2 Å². The second-order valence-corrected chi connectivity index (χ2v) is 7.58. The first-order valence-corrected chi connectivity index (χ1v) is 8.99. The molecule has 0 fully saturated rings. The number of sulfone groups is 1. The molecule has 0 saturated heterocycles. The molecule has 0 atom stereocenters. The fourth-order valence-electron chi connectivity index (χ4n) is 2.17. The maximum Gasteiger partial charge on any atom is 0.200 e. The number of allylic oxidation sites excluding steroid dienone is 1. The van der Waals surface area contributed by atoms with Gasteiger partial charge in [-0.15, -0.1) is 0 Å². The van der Waals surface area contributed by atoms with Crippen molar-refractivity contribution in [3.63, 3.8) is 0 Å². The standard InChI is InChI=1S/C19H20O3S/c1-14(2)18(19(20)16-7-5-4-6-8-16)13-23(21,22)17-11-9-15(3)10-12-17/h4-14H,1-3H3/b18-13+. The number of ketones is 1. The highest BCUT2D eigenvalue weighted by Gasteiger charge is 2.20. The number of benzene rings is 2. The Labute approximate surface area is 137 Å². The number of hydrogen-bond donors (Lipinski definition) is 0. The predicted octanol–water partition coefficient (Wildman–Crippen LogP) is 4.19. The van der Waals surface area contributed by atoms with Gasteiger partial charge in [-0.2, -0.15) is 0 Å². The molecule has 0 saturated carbocycles. The smallest absolute Gasteiger partial charge is 0.200 e. The Morgan fingerprint density at radius 2 is 1.52 bits per heavy atom. The quantitative estimate of drug-likeness (QED) is 0.611. The molecule has 0 amide bonds. The van der Waals surface area contributed by atoms with Crippen LogP contribution in [0.15, 0.2) is 70.5 Å². The van der Waals surface area contributed by atoms with Crippen LogP contribution >= 0.6 is 0 Å². The van der Waals surface area contributed by atoms with Gasteiger partial charge in [0, 0.05) is 16.5 Å². The highest BCUT2D eigenvalue weighted by Crippen LogP contribution is 2.21. The van der Waals surface area contributed by atoms with Gasteiger partial charge in [0.1, 0.15) is 0 Å². The van der Waals surface area contributed by atoms with Crippen molar-refractivity contribution < 1.29 is 13.2 Å². The molecular formula is C19H20O3S. The van der Waals surface area contributed by atoms with Crippen molar-refractivity contribution in [1.29, 1.82) is 0 Å². The molecule has 0 aromatic heterocycles. The van der Waals surface area contributed by atoms with Crippen molar-refractivity contribution in [3.8, 4) is 0 Å². The summed E-state index contributed by atoms with van der Waals surface area (Å²) < 4.78 is 25.1. The van der Waals surface area contributed by atoms with E-state index in [1.165, 1.54) is 0 Å². The minimum atomic E-state index is -3.66. The van der Waals surface area contributed by atoms with Gasteiger partial charge in [-0.25, -0.2) is 8.42 Å². The van der Waals surface area contributed by atoms with Crippen LogP contribution in [0, 0.1) is 12.8 Å². The summed E-state index contributed by atoms with van der Waals surface area (Å²) in [6, 6.07) is 15.3. The van der Waals surface area contributed by atoms with Gasteiger partial charge >= 0.3 is 0 Å². The molecule has 2 aromatic rings. The average molecular weight is 328 g/mol. The fourth-order valence-corrected chi connectivity index (χ4v) is 3.54. The van der Waals surface area contributed by atoms with Crippen LogP contribution in [0.5, 0.6) is 0 Å². The van der Waals surface area contributed by atoms with E-state index in [4.69, 9.17) is 0 Å². The molecule has 3 nitrogen and oxygen atoms in total. The van der Waals surface area contributed by atoms with Gasteiger partial charge in [-0.05, 0) is 25.0 Å². The summed E-state index contributed by atoms with van der Waals surface area (Å²) >= 11 is 0. The van der Waals surface area contributed by atoms with Gasteiger partial charge in [0.15, 0.2) is 15.6 Å². The Kier molecular flexibility index (Phi) is 5.16. The minimum Gasteiger partial charge on any atom is -0.289 e. The molecule has 4 heteroatoms. The lowest BCUT2D eigenvalue weighted by Crippen LogP contribution is -2.11. The van der Waals surface area contributed by atoms with Crippen LogP contribution < -0.4 is 0 Å². The predicted molar refractivity (Wildman–Crippen MR) is 92.1 cm³/mol. The van der Waals surface area contributed by atoms with Crippen molar-refractivity contribution >= 4 is 15.6 Å². The summed E-state index contributed by atoms with van der Waals surface area (Å²) in [4.78, 5) is 12.8. The Balaban J connectivity index is 2.46. The number of aryl methyl sites for hydroxylation is 1. The Morgan fingerprint density at radius 1 is 0.957 bits per heavy atom. The van der Waals surface area contributed by atoms with E-state index >= 15 is 0 Å². The highest BCUT2D eigenvalue weighted by atomic mass is 32.2. The Hall–Kier alpha value is -2.20. The van der Waals surface area contributed by atoms with E-state index in [9.17, 15) is 13.2 Å². The first-order valence-electron chi connectivity index (χ1n) is 7.44. The van der Waals surface area contributed by atoms with Gasteiger partial charge in [0.2, 0.25) is 0 Å². The third kappa shape index (κ3) is 4.17. The molecule has 0 radical (unpaired) electrons. The highest BCUT2D eigenvalue weighted by molar-refractivity contribution is 7.94. The van der Waals surface area contributed by atoms with E-state index in [0.717, 1.165) is 11.0 Å². The zero-order chi connectivity index (χ0) is 17.0. The van der Waals surface area contributed by atoms with Crippen molar-refractivity contribution in [2.75, 3.05) is 0 Å². The summed E-state index contributed by atoms with van der Waals surface area (Å²) in [5.74, 6) is -0.445. The molecule has 0 N–H and O–H groups in total. The second-order valence-electron chi connectivity index (χ2n) is 5.78. The second kappa shape index (κ2) is 6.92. The molecule has 120 valence electrons. The van der Waals surface area contributed by atoms with E-state index in [-0.39, 0.29) is 22.2 Å². The first-order chi connectivity index (χ1) is 10.8. The summed E-state index contributed by atoms with van der Waals surface area (Å²) in [6.07, 6.45) is 0. The number of carbonyl (C=O) groups is 1. The maximum absolute atomic E-state index is 12.6. The first kappa shape index (κ1) is 17.2. The number of rotatable bonds is 5. The molecule has 0 aliphatic carbocycles. The lowest BCUT2D eigenvalue weighted by molar-refractivity contribution is 0.102. The molecular weight excluding hydrogens is 308 g/mol.